The summed E-state index contributed by atoms with van der Waals surface area (Å²) in [5.41, 5.74) is 0. The topological polar surface area (TPSA) is 102 Å². The summed E-state index contributed by atoms with van der Waals surface area (Å²) in [5.74, 6) is -0.379. The van der Waals surface area contributed by atoms with E-state index in [-0.39, 0.29) is 54.3 Å². The summed E-state index contributed by atoms with van der Waals surface area (Å²) in [6.45, 7) is 3.78. The van der Waals surface area contributed by atoms with Crippen molar-refractivity contribution in [2.75, 3.05) is 0 Å². The van der Waals surface area contributed by atoms with Crippen molar-refractivity contribution in [2.45, 2.75) is 204 Å². The number of hydrogen-bond acceptors (Lipinski definition) is 7. The second kappa shape index (κ2) is 20.1. The maximum atomic E-state index is 11.9. The molecule has 0 aromatic heterocycles. The third kappa shape index (κ3) is 12.9. The fourth-order valence-corrected chi connectivity index (χ4v) is 7.20. The minimum absolute atomic E-state index is 0.0162. The molecular formula is C35H62O7. The lowest BCUT2D eigenvalue weighted by atomic mass is 9.96. The highest BCUT2D eigenvalue weighted by molar-refractivity contribution is 5.83. The molecule has 3 heterocycles. The monoisotopic (exact) mass is 594 g/mol. The van der Waals surface area contributed by atoms with Crippen LogP contribution in [0.5, 0.6) is 0 Å². The number of aliphatic hydroxyl groups excluding tert-OH is 2. The van der Waals surface area contributed by atoms with Crippen molar-refractivity contribution in [3.8, 4) is 0 Å². The molecule has 3 fully saturated rings. The van der Waals surface area contributed by atoms with Crippen molar-refractivity contribution in [2.24, 2.45) is 5.92 Å². The third-order valence-corrected chi connectivity index (χ3v) is 9.77. The lowest BCUT2D eigenvalue weighted by Crippen LogP contribution is -2.33. The SMILES string of the molecule is CCCCCCCCCC[C@H](O)[C@@H]1CC[C@H]([C@H]2CC[C@@H]([C@H](O)CCCCCCCC[C@@H]3C[C@@H](CC(C)=O)C(=O)O3)O2)O1. The summed E-state index contributed by atoms with van der Waals surface area (Å²) in [5, 5.41) is 21.4. The third-order valence-electron chi connectivity index (χ3n) is 9.77. The second-order valence-corrected chi connectivity index (χ2v) is 13.6. The van der Waals surface area contributed by atoms with Gasteiger partial charge in [-0.25, -0.2) is 0 Å². The Bertz CT molecular complexity index is 758. The number of hydrogen-bond donors (Lipinski definition) is 2. The molecule has 3 rings (SSSR count). The van der Waals surface area contributed by atoms with Gasteiger partial charge >= 0.3 is 5.97 Å². The predicted octanol–water partition coefficient (Wildman–Crippen LogP) is 7.37. The van der Waals surface area contributed by atoms with E-state index < -0.39 is 6.10 Å². The standard InChI is InChI=1S/C35H62O7/c1-3-4-5-6-7-8-12-15-18-29(37)31-20-22-33(41-31)34-23-21-32(42-34)30(38)19-16-13-10-9-11-14-17-28-25-27(24-26(2)36)35(39)40-28/h27-34,37-38H,3-25H2,1-2H3/t27-,28-,29+,30-,31+,32+,33-,34-/m1/s1. The van der Waals surface area contributed by atoms with E-state index in [9.17, 15) is 19.8 Å². The van der Waals surface area contributed by atoms with Crippen LogP contribution in [0.1, 0.15) is 162 Å². The Morgan fingerprint density at radius 2 is 1.21 bits per heavy atom. The zero-order chi connectivity index (χ0) is 30.2. The van der Waals surface area contributed by atoms with E-state index in [2.05, 4.69) is 6.92 Å². The molecule has 244 valence electrons. The molecule has 8 atom stereocenters. The van der Waals surface area contributed by atoms with Gasteiger partial charge < -0.3 is 29.2 Å². The normalized spacial score (nSPS) is 29.2. The van der Waals surface area contributed by atoms with Gasteiger partial charge in [0.05, 0.1) is 42.5 Å². The van der Waals surface area contributed by atoms with Crippen molar-refractivity contribution in [1.29, 1.82) is 0 Å². The van der Waals surface area contributed by atoms with Crippen LogP contribution in [0.25, 0.3) is 0 Å². The Labute approximate surface area is 255 Å². The molecule has 7 nitrogen and oxygen atoms in total. The Morgan fingerprint density at radius 3 is 1.71 bits per heavy atom. The Hall–Kier alpha value is -1.02. The lowest BCUT2D eigenvalue weighted by Gasteiger charge is -2.24. The van der Waals surface area contributed by atoms with Crippen LogP contribution in [0.3, 0.4) is 0 Å². The Morgan fingerprint density at radius 1 is 0.738 bits per heavy atom. The summed E-state index contributed by atoms with van der Waals surface area (Å²) in [7, 11) is 0. The molecular weight excluding hydrogens is 532 g/mol. The molecule has 0 bridgehead atoms. The van der Waals surface area contributed by atoms with Crippen molar-refractivity contribution in [3.05, 3.63) is 0 Å². The van der Waals surface area contributed by atoms with Crippen LogP contribution in [-0.2, 0) is 23.8 Å². The zero-order valence-electron chi connectivity index (χ0n) is 26.8. The van der Waals surface area contributed by atoms with E-state index in [1.807, 2.05) is 0 Å². The number of esters is 1. The number of Topliss-reactive ketones (excluding diaryl/α,β-unsaturated/α-hetero) is 1. The molecule has 3 aliphatic rings. The Balaban J connectivity index is 1.16. The number of ketones is 1. The first-order chi connectivity index (χ1) is 20.4. The molecule has 3 saturated heterocycles. The van der Waals surface area contributed by atoms with Gasteiger partial charge in [-0.3, -0.25) is 4.79 Å². The number of ether oxygens (including phenoxy) is 3. The molecule has 0 aromatic carbocycles. The number of unbranched alkanes of at least 4 members (excludes halogenated alkanes) is 12. The fourth-order valence-electron chi connectivity index (χ4n) is 7.20. The first-order valence-electron chi connectivity index (χ1n) is 17.7. The summed E-state index contributed by atoms with van der Waals surface area (Å²) in [6, 6.07) is 0. The quantitative estimate of drug-likeness (QED) is 0.0941. The molecule has 0 radical (unpaired) electrons. The van der Waals surface area contributed by atoms with Gasteiger partial charge in [-0.1, -0.05) is 90.4 Å². The molecule has 0 unspecified atom stereocenters. The van der Waals surface area contributed by atoms with Crippen molar-refractivity contribution in [1.82, 2.24) is 0 Å². The van der Waals surface area contributed by atoms with Gasteiger partial charge in [0.15, 0.2) is 0 Å². The Kier molecular flexibility index (Phi) is 17.0. The maximum absolute atomic E-state index is 11.9. The van der Waals surface area contributed by atoms with E-state index in [4.69, 9.17) is 14.2 Å². The van der Waals surface area contributed by atoms with Crippen molar-refractivity contribution >= 4 is 11.8 Å². The minimum Gasteiger partial charge on any atom is -0.462 e. The highest BCUT2D eigenvalue weighted by Gasteiger charge is 2.40. The zero-order valence-corrected chi connectivity index (χ0v) is 26.8. The fraction of sp³-hybridized carbons (Fsp3) is 0.943. The largest absolute Gasteiger partial charge is 0.462 e. The van der Waals surface area contributed by atoms with E-state index in [1.165, 1.54) is 51.9 Å². The molecule has 0 spiro atoms. The van der Waals surface area contributed by atoms with E-state index in [0.717, 1.165) is 89.9 Å². The summed E-state index contributed by atoms with van der Waals surface area (Å²) in [6.07, 6.45) is 23.1. The average molecular weight is 595 g/mol. The van der Waals surface area contributed by atoms with E-state index in [1.54, 1.807) is 0 Å². The van der Waals surface area contributed by atoms with Gasteiger partial charge in [-0.05, 0) is 64.7 Å². The number of carbonyl (C=O) groups excluding carboxylic acids is 2. The first-order valence-corrected chi connectivity index (χ1v) is 17.7. The van der Waals surface area contributed by atoms with Crippen LogP contribution in [0.15, 0.2) is 0 Å². The molecule has 0 amide bonds. The van der Waals surface area contributed by atoms with Crippen molar-refractivity contribution in [3.63, 3.8) is 0 Å². The number of cyclic esters (lactones) is 1. The minimum atomic E-state index is -0.417. The molecule has 3 aliphatic heterocycles. The maximum Gasteiger partial charge on any atom is 0.309 e. The summed E-state index contributed by atoms with van der Waals surface area (Å²) in [4.78, 5) is 23.1. The van der Waals surface area contributed by atoms with Gasteiger partial charge in [-0.2, -0.15) is 0 Å². The van der Waals surface area contributed by atoms with Gasteiger partial charge in [0.25, 0.3) is 0 Å². The number of carbonyl (C=O) groups is 2. The lowest BCUT2D eigenvalue weighted by molar-refractivity contribution is -0.145. The summed E-state index contributed by atoms with van der Waals surface area (Å²) < 4.78 is 18.0. The van der Waals surface area contributed by atoms with E-state index in [0.29, 0.717) is 12.8 Å². The molecule has 2 N–H and O–H groups in total. The van der Waals surface area contributed by atoms with Gasteiger partial charge in [0.1, 0.15) is 11.9 Å². The van der Waals surface area contributed by atoms with Crippen LogP contribution in [0, 0.1) is 5.92 Å². The van der Waals surface area contributed by atoms with Crippen LogP contribution in [-0.4, -0.2) is 64.7 Å². The van der Waals surface area contributed by atoms with Crippen LogP contribution in [0.4, 0.5) is 0 Å². The van der Waals surface area contributed by atoms with Crippen LogP contribution < -0.4 is 0 Å². The van der Waals surface area contributed by atoms with Crippen molar-refractivity contribution < 1.29 is 34.0 Å². The van der Waals surface area contributed by atoms with Gasteiger partial charge in [-0.15, -0.1) is 0 Å². The highest BCUT2D eigenvalue weighted by atomic mass is 16.6. The van der Waals surface area contributed by atoms with Gasteiger partial charge in [0, 0.05) is 6.42 Å². The number of aliphatic hydroxyl groups is 2. The number of rotatable bonds is 23. The molecule has 42 heavy (non-hydrogen) atoms. The van der Waals surface area contributed by atoms with Crippen LogP contribution >= 0.6 is 0 Å². The second-order valence-electron chi connectivity index (χ2n) is 13.6. The summed E-state index contributed by atoms with van der Waals surface area (Å²) >= 11 is 0. The predicted molar refractivity (Wildman–Crippen MR) is 165 cm³/mol. The first kappa shape index (κ1) is 35.5. The molecule has 0 aliphatic carbocycles. The molecule has 7 heteroatoms. The smallest absolute Gasteiger partial charge is 0.309 e. The molecule has 0 aromatic rings. The van der Waals surface area contributed by atoms with Gasteiger partial charge in [0.2, 0.25) is 0 Å². The van der Waals surface area contributed by atoms with Crippen LogP contribution in [0.2, 0.25) is 0 Å². The van der Waals surface area contributed by atoms with E-state index >= 15 is 0 Å². The molecule has 0 saturated carbocycles. The average Bonchev–Trinajstić information content (AvgIpc) is 3.72. The highest BCUT2D eigenvalue weighted by Crippen LogP contribution is 2.35.